The lowest BCUT2D eigenvalue weighted by atomic mass is 10.0. The van der Waals surface area contributed by atoms with Gasteiger partial charge in [-0.1, -0.05) is 55.9 Å². The Hall–Kier alpha value is -3.13. The number of nitrogens with zero attached hydrogens (tertiary/aromatic N) is 2. The molecule has 0 radical (unpaired) electrons. The highest BCUT2D eigenvalue weighted by Gasteiger charge is 2.19. The number of urea groups is 1. The Morgan fingerprint density at radius 1 is 1.06 bits per heavy atom. The lowest BCUT2D eigenvalue weighted by Crippen LogP contribution is -2.48. The monoisotopic (exact) mass is 452 g/mol. The Morgan fingerprint density at radius 2 is 1.72 bits per heavy atom. The molecule has 0 bridgehead atoms. The number of thioether (sulfide) groups is 1. The van der Waals surface area contributed by atoms with Crippen molar-refractivity contribution in [1.29, 1.82) is 0 Å². The molecule has 0 aliphatic rings. The van der Waals surface area contributed by atoms with Gasteiger partial charge in [-0.05, 0) is 50.5 Å². The van der Waals surface area contributed by atoms with Gasteiger partial charge in [0.25, 0.3) is 5.56 Å². The molecule has 0 unspecified atom stereocenters. The Kier molecular flexibility index (Phi) is 7.03. The van der Waals surface area contributed by atoms with Gasteiger partial charge in [-0.15, -0.1) is 0 Å². The van der Waals surface area contributed by atoms with Crippen molar-refractivity contribution in [3.05, 3.63) is 64.4 Å². The molecule has 0 atom stereocenters. The zero-order valence-corrected chi connectivity index (χ0v) is 19.7. The van der Waals surface area contributed by atoms with Crippen LogP contribution in [0.2, 0.25) is 0 Å². The van der Waals surface area contributed by atoms with E-state index >= 15 is 0 Å². The molecule has 0 saturated carbocycles. The van der Waals surface area contributed by atoms with E-state index in [1.165, 1.54) is 0 Å². The summed E-state index contributed by atoms with van der Waals surface area (Å²) in [6.45, 7) is 9.61. The maximum Gasteiger partial charge on any atom is 0.321 e. The topological polar surface area (TPSA) is 93.1 Å². The van der Waals surface area contributed by atoms with Crippen LogP contribution in [0.3, 0.4) is 0 Å². The fourth-order valence-electron chi connectivity index (χ4n) is 3.27. The lowest BCUT2D eigenvalue weighted by molar-refractivity contribution is -0.117. The third-order valence-electron chi connectivity index (χ3n) is 4.62. The van der Waals surface area contributed by atoms with Crippen molar-refractivity contribution in [1.82, 2.24) is 20.2 Å². The molecule has 0 fully saturated rings. The summed E-state index contributed by atoms with van der Waals surface area (Å²) < 4.78 is 1.56. The van der Waals surface area contributed by atoms with Crippen molar-refractivity contribution < 1.29 is 9.59 Å². The van der Waals surface area contributed by atoms with Gasteiger partial charge in [-0.3, -0.25) is 19.5 Å². The number of carbonyl (C=O) groups is 2. The molecule has 1 aromatic heterocycles. The van der Waals surface area contributed by atoms with Crippen molar-refractivity contribution >= 4 is 34.6 Å². The van der Waals surface area contributed by atoms with E-state index in [9.17, 15) is 14.4 Å². The number of aromatic nitrogens is 2. The summed E-state index contributed by atoms with van der Waals surface area (Å²) in [6, 6.07) is 14.3. The van der Waals surface area contributed by atoms with Crippen LogP contribution in [-0.2, 0) is 4.79 Å². The normalized spacial score (nSPS) is 11.6. The molecule has 7 nitrogen and oxygen atoms in total. The van der Waals surface area contributed by atoms with Crippen molar-refractivity contribution in [2.75, 3.05) is 5.75 Å². The van der Waals surface area contributed by atoms with E-state index in [0.29, 0.717) is 16.1 Å². The maximum atomic E-state index is 13.4. The number of nitrogens with one attached hydrogen (secondary N) is 2. The average molecular weight is 453 g/mol. The predicted molar refractivity (Wildman–Crippen MR) is 129 cm³/mol. The van der Waals surface area contributed by atoms with Gasteiger partial charge in [0, 0.05) is 5.54 Å². The molecule has 1 heterocycles. The quantitative estimate of drug-likeness (QED) is 0.446. The lowest BCUT2D eigenvalue weighted by Gasteiger charge is -2.20. The number of benzene rings is 2. The van der Waals surface area contributed by atoms with Crippen LogP contribution in [0, 0.1) is 0 Å². The van der Waals surface area contributed by atoms with Gasteiger partial charge in [0.15, 0.2) is 5.16 Å². The number of carbonyl (C=O) groups excluding carboxylic acids is 2. The second-order valence-electron chi connectivity index (χ2n) is 8.81. The third kappa shape index (κ3) is 5.56. The van der Waals surface area contributed by atoms with E-state index in [2.05, 4.69) is 29.5 Å². The van der Waals surface area contributed by atoms with Crippen LogP contribution in [0.25, 0.3) is 16.6 Å². The molecule has 0 aliphatic heterocycles. The summed E-state index contributed by atoms with van der Waals surface area (Å²) in [5.41, 5.74) is 1.64. The molecule has 3 rings (SSSR count). The summed E-state index contributed by atoms with van der Waals surface area (Å²) in [5, 5.41) is 5.91. The highest BCUT2D eigenvalue weighted by Crippen LogP contribution is 2.27. The molecular weight excluding hydrogens is 424 g/mol. The number of amides is 3. The van der Waals surface area contributed by atoms with Gasteiger partial charge in [0.1, 0.15) is 0 Å². The standard InChI is InChI=1S/C24H28N4O3S/c1-15(2)16-10-7-9-13-19(16)28-21(30)17-11-6-8-12-18(17)25-23(28)32-14-20(29)26-22(31)27-24(3,4)5/h6-13,15H,14H2,1-5H3,(H2,26,27,29,31). The minimum atomic E-state index is -0.558. The predicted octanol–water partition coefficient (Wildman–Crippen LogP) is 4.23. The van der Waals surface area contributed by atoms with Crippen molar-refractivity contribution in [2.24, 2.45) is 0 Å². The van der Waals surface area contributed by atoms with E-state index in [-0.39, 0.29) is 17.2 Å². The highest BCUT2D eigenvalue weighted by atomic mass is 32.2. The molecule has 8 heteroatoms. The second-order valence-corrected chi connectivity index (χ2v) is 9.75. The average Bonchev–Trinajstić information content (AvgIpc) is 2.71. The van der Waals surface area contributed by atoms with Crippen molar-refractivity contribution in [3.63, 3.8) is 0 Å². The highest BCUT2D eigenvalue weighted by molar-refractivity contribution is 7.99. The largest absolute Gasteiger partial charge is 0.333 e. The van der Waals surface area contributed by atoms with Crippen LogP contribution in [0.1, 0.15) is 46.1 Å². The summed E-state index contributed by atoms with van der Waals surface area (Å²) in [6.07, 6.45) is 0. The zero-order chi connectivity index (χ0) is 23.5. The van der Waals surface area contributed by atoms with Crippen LogP contribution < -0.4 is 16.2 Å². The van der Waals surface area contributed by atoms with Gasteiger partial charge in [-0.2, -0.15) is 0 Å². The maximum absolute atomic E-state index is 13.4. The minimum absolute atomic E-state index is 0.0633. The van der Waals surface area contributed by atoms with Gasteiger partial charge in [0.2, 0.25) is 5.91 Å². The molecule has 2 aromatic carbocycles. The van der Waals surface area contributed by atoms with E-state index in [1.807, 2.05) is 51.1 Å². The first-order chi connectivity index (χ1) is 15.1. The van der Waals surface area contributed by atoms with Gasteiger partial charge in [0.05, 0.1) is 22.3 Å². The number of hydrogen-bond donors (Lipinski definition) is 2. The Bertz CT molecular complexity index is 1210. The summed E-state index contributed by atoms with van der Waals surface area (Å²) in [5.74, 6) is -0.346. The summed E-state index contributed by atoms with van der Waals surface area (Å²) in [4.78, 5) is 42.5. The Labute approximate surface area is 191 Å². The van der Waals surface area contributed by atoms with Gasteiger partial charge >= 0.3 is 6.03 Å². The Balaban J connectivity index is 1.98. The number of hydrogen-bond acceptors (Lipinski definition) is 5. The Morgan fingerprint density at radius 3 is 2.41 bits per heavy atom. The summed E-state index contributed by atoms with van der Waals surface area (Å²) in [7, 11) is 0. The minimum Gasteiger partial charge on any atom is -0.333 e. The number of imide groups is 1. The number of para-hydroxylation sites is 2. The van der Waals surface area contributed by atoms with Gasteiger partial charge < -0.3 is 5.32 Å². The molecule has 0 spiro atoms. The second kappa shape index (κ2) is 9.56. The smallest absolute Gasteiger partial charge is 0.321 e. The first kappa shape index (κ1) is 23.5. The van der Waals surface area contributed by atoms with Crippen LogP contribution >= 0.6 is 11.8 Å². The molecule has 32 heavy (non-hydrogen) atoms. The molecule has 168 valence electrons. The van der Waals surface area contributed by atoms with E-state index < -0.39 is 17.5 Å². The van der Waals surface area contributed by atoms with E-state index in [1.54, 1.807) is 22.8 Å². The first-order valence-electron chi connectivity index (χ1n) is 10.4. The molecule has 3 aromatic rings. The van der Waals surface area contributed by atoms with E-state index in [4.69, 9.17) is 0 Å². The van der Waals surface area contributed by atoms with E-state index in [0.717, 1.165) is 23.0 Å². The van der Waals surface area contributed by atoms with Crippen LogP contribution in [0.15, 0.2) is 58.5 Å². The van der Waals surface area contributed by atoms with Crippen LogP contribution in [0.4, 0.5) is 4.79 Å². The van der Waals surface area contributed by atoms with Crippen LogP contribution in [-0.4, -0.2) is 32.8 Å². The fraction of sp³-hybridized carbons (Fsp3) is 0.333. The van der Waals surface area contributed by atoms with Gasteiger partial charge in [-0.25, -0.2) is 9.78 Å². The SMILES string of the molecule is CC(C)c1ccccc1-n1c(SCC(=O)NC(=O)NC(C)(C)C)nc2ccccc2c1=O. The van der Waals surface area contributed by atoms with Crippen molar-refractivity contribution in [2.45, 2.75) is 51.2 Å². The molecule has 0 aliphatic carbocycles. The number of fused-ring (bicyclic) bond motifs is 1. The zero-order valence-electron chi connectivity index (χ0n) is 18.9. The first-order valence-corrected chi connectivity index (χ1v) is 11.4. The molecule has 2 N–H and O–H groups in total. The fourth-order valence-corrected chi connectivity index (χ4v) is 4.07. The summed E-state index contributed by atoms with van der Waals surface area (Å²) >= 11 is 1.12. The number of rotatable bonds is 5. The third-order valence-corrected chi connectivity index (χ3v) is 5.56. The van der Waals surface area contributed by atoms with Crippen LogP contribution in [0.5, 0.6) is 0 Å². The molecule has 3 amide bonds. The molecule has 0 saturated heterocycles. The van der Waals surface area contributed by atoms with Crippen molar-refractivity contribution in [3.8, 4) is 5.69 Å². The molecular formula is C24H28N4O3S.